The number of benzene rings is 2. The van der Waals surface area contributed by atoms with Crippen molar-refractivity contribution < 1.29 is 9.66 Å². The molecule has 1 heterocycles. The summed E-state index contributed by atoms with van der Waals surface area (Å²) < 4.78 is 5.62. The van der Waals surface area contributed by atoms with E-state index in [0.29, 0.717) is 0 Å². The minimum atomic E-state index is -0.397. The summed E-state index contributed by atoms with van der Waals surface area (Å²) in [4.78, 5) is 10.2. The third-order valence-corrected chi connectivity index (χ3v) is 3.05. The van der Waals surface area contributed by atoms with Gasteiger partial charge in [0, 0.05) is 12.1 Å². The number of rotatable bonds is 3. The number of hydrogen-bond donors (Lipinski definition) is 0. The van der Waals surface area contributed by atoms with Crippen LogP contribution >= 0.6 is 0 Å². The first-order chi connectivity index (χ1) is 8.75. The predicted molar refractivity (Wildman–Crippen MR) is 66.1 cm³/mol. The molecule has 0 aliphatic carbocycles. The van der Waals surface area contributed by atoms with Gasteiger partial charge in [0.2, 0.25) is 0 Å². The Balaban J connectivity index is 1.77. The van der Waals surface area contributed by atoms with E-state index in [4.69, 9.17) is 4.74 Å². The number of non-ortho nitro benzene ring substituents is 1. The number of hydrogen-bond acceptors (Lipinski definition) is 3. The Hall–Kier alpha value is -2.20. The van der Waals surface area contributed by atoms with Gasteiger partial charge in [-0.1, -0.05) is 30.3 Å². The van der Waals surface area contributed by atoms with Crippen LogP contribution in [-0.2, 0) is 4.74 Å². The van der Waals surface area contributed by atoms with E-state index < -0.39 is 4.92 Å². The van der Waals surface area contributed by atoms with Gasteiger partial charge in [-0.15, -0.1) is 0 Å². The SMILES string of the molecule is O=[N+]([O-])c1ccc([C@H]2O[C@H]2c2ccccc2)cc1. The average molecular weight is 241 g/mol. The van der Waals surface area contributed by atoms with Gasteiger partial charge in [-0.2, -0.15) is 0 Å². The molecule has 2 aromatic carbocycles. The molecule has 0 amide bonds. The Morgan fingerprint density at radius 1 is 0.889 bits per heavy atom. The van der Waals surface area contributed by atoms with Gasteiger partial charge in [0.15, 0.2) is 0 Å². The smallest absolute Gasteiger partial charge is 0.269 e. The van der Waals surface area contributed by atoms with Crippen molar-refractivity contribution in [3.8, 4) is 0 Å². The molecule has 1 saturated heterocycles. The lowest BCUT2D eigenvalue weighted by Crippen LogP contribution is -1.89. The molecule has 1 fully saturated rings. The minimum absolute atomic E-state index is 0.0215. The van der Waals surface area contributed by atoms with E-state index >= 15 is 0 Å². The molecule has 4 nitrogen and oxygen atoms in total. The van der Waals surface area contributed by atoms with Crippen LogP contribution in [0.15, 0.2) is 54.6 Å². The number of nitrogens with zero attached hydrogens (tertiary/aromatic N) is 1. The molecule has 90 valence electrons. The standard InChI is InChI=1S/C14H11NO3/c16-15(17)12-8-6-11(7-9-12)14-13(18-14)10-4-2-1-3-5-10/h1-9,13-14H/t13-,14+/m0/s1. The summed E-state index contributed by atoms with van der Waals surface area (Å²) in [5.41, 5.74) is 2.23. The highest BCUT2D eigenvalue weighted by Gasteiger charge is 2.41. The van der Waals surface area contributed by atoms with Crippen LogP contribution in [0.1, 0.15) is 23.3 Å². The highest BCUT2D eigenvalue weighted by molar-refractivity contribution is 5.37. The molecule has 0 spiro atoms. The molecule has 4 heteroatoms. The molecule has 0 N–H and O–H groups in total. The maximum Gasteiger partial charge on any atom is 0.269 e. The van der Waals surface area contributed by atoms with E-state index in [1.807, 2.05) is 30.3 Å². The van der Waals surface area contributed by atoms with Crippen molar-refractivity contribution in [2.75, 3.05) is 0 Å². The van der Waals surface area contributed by atoms with E-state index in [1.54, 1.807) is 12.1 Å². The fraction of sp³-hybridized carbons (Fsp3) is 0.143. The van der Waals surface area contributed by atoms with Crippen LogP contribution in [0, 0.1) is 10.1 Å². The van der Waals surface area contributed by atoms with Crippen molar-refractivity contribution >= 4 is 5.69 Å². The number of nitro benzene ring substituents is 1. The van der Waals surface area contributed by atoms with E-state index in [1.165, 1.54) is 12.1 Å². The average Bonchev–Trinajstić information content (AvgIpc) is 3.20. The Bertz CT molecular complexity index is 565. The molecule has 2 atom stereocenters. The van der Waals surface area contributed by atoms with Gasteiger partial charge in [-0.3, -0.25) is 10.1 Å². The Kier molecular flexibility index (Phi) is 2.57. The minimum Gasteiger partial charge on any atom is -0.359 e. The number of epoxide rings is 1. The Morgan fingerprint density at radius 2 is 1.44 bits per heavy atom. The van der Waals surface area contributed by atoms with Crippen LogP contribution in [0.25, 0.3) is 0 Å². The second kappa shape index (κ2) is 4.23. The highest BCUT2D eigenvalue weighted by Crippen LogP contribution is 2.50. The van der Waals surface area contributed by atoms with Crippen molar-refractivity contribution in [1.82, 2.24) is 0 Å². The molecule has 0 unspecified atom stereocenters. The normalized spacial score (nSPS) is 21.6. The molecular formula is C14H11NO3. The number of ether oxygens (including phenoxy) is 1. The van der Waals surface area contributed by atoms with Crippen molar-refractivity contribution in [1.29, 1.82) is 0 Å². The molecule has 0 saturated carbocycles. The van der Waals surface area contributed by atoms with Gasteiger partial charge < -0.3 is 4.74 Å². The third kappa shape index (κ3) is 1.98. The zero-order chi connectivity index (χ0) is 12.5. The molecule has 0 bridgehead atoms. The summed E-state index contributed by atoms with van der Waals surface area (Å²) in [7, 11) is 0. The number of nitro groups is 1. The van der Waals surface area contributed by atoms with Crippen molar-refractivity contribution in [2.45, 2.75) is 12.2 Å². The first-order valence-electron chi connectivity index (χ1n) is 5.70. The fourth-order valence-electron chi connectivity index (χ4n) is 2.05. The van der Waals surface area contributed by atoms with E-state index in [0.717, 1.165) is 11.1 Å². The van der Waals surface area contributed by atoms with Gasteiger partial charge in [-0.05, 0) is 23.3 Å². The van der Waals surface area contributed by atoms with Gasteiger partial charge >= 0.3 is 0 Å². The predicted octanol–water partition coefficient (Wildman–Crippen LogP) is 3.41. The van der Waals surface area contributed by atoms with Crippen molar-refractivity contribution in [2.24, 2.45) is 0 Å². The van der Waals surface area contributed by atoms with E-state index in [9.17, 15) is 10.1 Å². The van der Waals surface area contributed by atoms with E-state index in [-0.39, 0.29) is 17.9 Å². The monoisotopic (exact) mass is 241 g/mol. The van der Waals surface area contributed by atoms with Gasteiger partial charge in [0.05, 0.1) is 4.92 Å². The topological polar surface area (TPSA) is 55.7 Å². The van der Waals surface area contributed by atoms with Gasteiger partial charge in [-0.25, -0.2) is 0 Å². The first kappa shape index (κ1) is 10.9. The molecule has 2 aromatic rings. The third-order valence-electron chi connectivity index (χ3n) is 3.05. The molecule has 0 radical (unpaired) electrons. The van der Waals surface area contributed by atoms with Gasteiger partial charge in [0.1, 0.15) is 12.2 Å². The quantitative estimate of drug-likeness (QED) is 0.470. The second-order valence-corrected chi connectivity index (χ2v) is 4.24. The molecule has 18 heavy (non-hydrogen) atoms. The zero-order valence-electron chi connectivity index (χ0n) is 9.52. The lowest BCUT2D eigenvalue weighted by Gasteiger charge is -1.97. The van der Waals surface area contributed by atoms with Crippen LogP contribution in [0.4, 0.5) is 5.69 Å². The summed E-state index contributed by atoms with van der Waals surface area (Å²) in [5, 5.41) is 10.6. The molecule has 3 rings (SSSR count). The van der Waals surface area contributed by atoms with Crippen LogP contribution < -0.4 is 0 Å². The second-order valence-electron chi connectivity index (χ2n) is 4.24. The highest BCUT2D eigenvalue weighted by atomic mass is 16.6. The summed E-state index contributed by atoms with van der Waals surface area (Å²) in [6, 6.07) is 16.5. The van der Waals surface area contributed by atoms with Crippen LogP contribution in [0.2, 0.25) is 0 Å². The molecular weight excluding hydrogens is 230 g/mol. The summed E-state index contributed by atoms with van der Waals surface area (Å²) in [6.07, 6.45) is 0.0980. The molecule has 1 aliphatic rings. The summed E-state index contributed by atoms with van der Waals surface area (Å²) >= 11 is 0. The molecule has 0 aromatic heterocycles. The lowest BCUT2D eigenvalue weighted by atomic mass is 10.0. The van der Waals surface area contributed by atoms with Gasteiger partial charge in [0.25, 0.3) is 5.69 Å². The van der Waals surface area contributed by atoms with Crippen LogP contribution in [0.3, 0.4) is 0 Å². The fourth-order valence-corrected chi connectivity index (χ4v) is 2.05. The summed E-state index contributed by atoms with van der Waals surface area (Å²) in [5.74, 6) is 0. The van der Waals surface area contributed by atoms with Crippen molar-refractivity contribution in [3.05, 3.63) is 75.8 Å². The van der Waals surface area contributed by atoms with Crippen LogP contribution in [-0.4, -0.2) is 4.92 Å². The van der Waals surface area contributed by atoms with Crippen molar-refractivity contribution in [3.63, 3.8) is 0 Å². The molecule has 1 aliphatic heterocycles. The Labute approximate surface area is 104 Å². The zero-order valence-corrected chi connectivity index (χ0v) is 9.52. The van der Waals surface area contributed by atoms with E-state index in [2.05, 4.69) is 0 Å². The first-order valence-corrected chi connectivity index (χ1v) is 5.70. The largest absolute Gasteiger partial charge is 0.359 e. The summed E-state index contributed by atoms with van der Waals surface area (Å²) in [6.45, 7) is 0. The maximum atomic E-state index is 10.6. The van der Waals surface area contributed by atoms with Crippen LogP contribution in [0.5, 0.6) is 0 Å². The maximum absolute atomic E-state index is 10.6. The lowest BCUT2D eigenvalue weighted by molar-refractivity contribution is -0.384. The Morgan fingerprint density at radius 3 is 2.00 bits per heavy atom.